The molecule has 4 nitrogen and oxygen atoms in total. The first-order valence-corrected chi connectivity index (χ1v) is 8.69. The third-order valence-corrected chi connectivity index (χ3v) is 5.50. The van der Waals surface area contributed by atoms with Crippen molar-refractivity contribution in [3.05, 3.63) is 52.5 Å². The fourth-order valence-corrected chi connectivity index (χ4v) is 4.33. The average Bonchev–Trinajstić information content (AvgIpc) is 3.13. The standard InChI is InChI=1S/C17H17BrFN3O/c18-11-2-5-15(16(19)8-11)17(23)22-12-3-4-13(22)10-14(9-12)21-7-1-6-20-21/h1-2,5-8,12-14H,3-4,9-10H2. The van der Waals surface area contributed by atoms with Gasteiger partial charge in [-0.3, -0.25) is 9.48 Å². The maximum Gasteiger partial charge on any atom is 0.257 e. The molecule has 0 saturated carbocycles. The van der Waals surface area contributed by atoms with Gasteiger partial charge in [-0.05, 0) is 49.9 Å². The van der Waals surface area contributed by atoms with Gasteiger partial charge in [0.05, 0.1) is 11.6 Å². The number of carbonyl (C=O) groups excluding carboxylic acids is 1. The van der Waals surface area contributed by atoms with E-state index in [0.717, 1.165) is 25.7 Å². The molecule has 0 radical (unpaired) electrons. The number of piperidine rings is 1. The van der Waals surface area contributed by atoms with Gasteiger partial charge in [0, 0.05) is 29.0 Å². The van der Waals surface area contributed by atoms with Gasteiger partial charge < -0.3 is 4.90 Å². The minimum atomic E-state index is -0.460. The SMILES string of the molecule is O=C(c1ccc(Br)cc1F)N1C2CCC1CC(n1cccn1)C2. The Kier molecular flexibility index (Phi) is 3.71. The summed E-state index contributed by atoms with van der Waals surface area (Å²) in [4.78, 5) is 14.7. The molecule has 2 fully saturated rings. The van der Waals surface area contributed by atoms with E-state index in [-0.39, 0.29) is 23.6 Å². The van der Waals surface area contributed by atoms with Gasteiger partial charge in [-0.2, -0.15) is 5.10 Å². The minimum Gasteiger partial charge on any atom is -0.332 e. The van der Waals surface area contributed by atoms with Crippen LogP contribution in [0.25, 0.3) is 0 Å². The molecule has 1 aromatic heterocycles. The number of nitrogens with zero attached hydrogens (tertiary/aromatic N) is 3. The summed E-state index contributed by atoms with van der Waals surface area (Å²) in [7, 11) is 0. The monoisotopic (exact) mass is 377 g/mol. The van der Waals surface area contributed by atoms with E-state index in [1.54, 1.807) is 18.3 Å². The molecule has 4 rings (SSSR count). The van der Waals surface area contributed by atoms with Crippen LogP contribution in [0.15, 0.2) is 41.1 Å². The van der Waals surface area contributed by atoms with Crippen molar-refractivity contribution in [1.29, 1.82) is 0 Å². The normalized spacial score (nSPS) is 26.5. The van der Waals surface area contributed by atoms with Crippen LogP contribution in [0, 0.1) is 5.82 Å². The number of rotatable bonds is 2. The lowest BCUT2D eigenvalue weighted by Crippen LogP contribution is -2.47. The lowest BCUT2D eigenvalue weighted by molar-refractivity contribution is 0.0519. The topological polar surface area (TPSA) is 38.1 Å². The van der Waals surface area contributed by atoms with Crippen molar-refractivity contribution < 1.29 is 9.18 Å². The molecule has 120 valence electrons. The first kappa shape index (κ1) is 14.9. The highest BCUT2D eigenvalue weighted by Gasteiger charge is 2.44. The number of aromatic nitrogens is 2. The molecule has 1 aromatic carbocycles. The highest BCUT2D eigenvalue weighted by Crippen LogP contribution is 2.41. The van der Waals surface area contributed by atoms with Gasteiger partial charge in [0.2, 0.25) is 0 Å². The van der Waals surface area contributed by atoms with Crippen molar-refractivity contribution in [2.24, 2.45) is 0 Å². The lowest BCUT2D eigenvalue weighted by Gasteiger charge is -2.39. The number of hydrogen-bond acceptors (Lipinski definition) is 2. The zero-order chi connectivity index (χ0) is 16.0. The van der Waals surface area contributed by atoms with E-state index < -0.39 is 5.82 Å². The predicted molar refractivity (Wildman–Crippen MR) is 87.6 cm³/mol. The van der Waals surface area contributed by atoms with Gasteiger partial charge in [0.1, 0.15) is 5.82 Å². The van der Waals surface area contributed by atoms with E-state index in [2.05, 4.69) is 21.0 Å². The molecular formula is C17H17BrFN3O. The number of hydrogen-bond donors (Lipinski definition) is 0. The Hall–Kier alpha value is -1.69. The van der Waals surface area contributed by atoms with Crippen molar-refractivity contribution in [1.82, 2.24) is 14.7 Å². The van der Waals surface area contributed by atoms with Crippen LogP contribution in [0.3, 0.4) is 0 Å². The van der Waals surface area contributed by atoms with E-state index in [1.807, 2.05) is 21.8 Å². The van der Waals surface area contributed by atoms with Crippen LogP contribution in [-0.2, 0) is 0 Å². The second-order valence-corrected chi connectivity index (χ2v) is 7.25. The van der Waals surface area contributed by atoms with E-state index in [1.165, 1.54) is 6.07 Å². The molecule has 0 spiro atoms. The molecule has 2 aliphatic heterocycles. The number of amides is 1. The van der Waals surface area contributed by atoms with Gasteiger partial charge in [-0.25, -0.2) is 4.39 Å². The van der Waals surface area contributed by atoms with E-state index in [4.69, 9.17) is 0 Å². The Morgan fingerprint density at radius 2 is 1.96 bits per heavy atom. The molecule has 2 atom stereocenters. The fraction of sp³-hybridized carbons (Fsp3) is 0.412. The molecule has 2 aliphatic rings. The van der Waals surface area contributed by atoms with Gasteiger partial charge >= 0.3 is 0 Å². The second kappa shape index (κ2) is 5.74. The zero-order valence-electron chi connectivity index (χ0n) is 12.5. The Labute approximate surface area is 142 Å². The summed E-state index contributed by atoms with van der Waals surface area (Å²) in [6.45, 7) is 0. The van der Waals surface area contributed by atoms with Crippen LogP contribution in [0.2, 0.25) is 0 Å². The largest absolute Gasteiger partial charge is 0.332 e. The third kappa shape index (κ3) is 2.59. The van der Waals surface area contributed by atoms with E-state index >= 15 is 0 Å². The number of halogens is 2. The van der Waals surface area contributed by atoms with E-state index in [0.29, 0.717) is 10.5 Å². The molecule has 2 bridgehead atoms. The van der Waals surface area contributed by atoms with Gasteiger partial charge in [-0.15, -0.1) is 0 Å². The minimum absolute atomic E-state index is 0.169. The highest BCUT2D eigenvalue weighted by molar-refractivity contribution is 9.10. The molecule has 2 aromatic rings. The summed E-state index contributed by atoms with van der Waals surface area (Å²) in [5.74, 6) is -0.639. The maximum absolute atomic E-state index is 14.1. The summed E-state index contributed by atoms with van der Waals surface area (Å²) < 4.78 is 16.8. The molecule has 0 aliphatic carbocycles. The Morgan fingerprint density at radius 1 is 1.22 bits per heavy atom. The summed E-state index contributed by atoms with van der Waals surface area (Å²) in [5.41, 5.74) is 0.169. The number of carbonyl (C=O) groups is 1. The van der Waals surface area contributed by atoms with Crippen LogP contribution in [0.1, 0.15) is 42.1 Å². The summed E-state index contributed by atoms with van der Waals surface area (Å²) in [6, 6.07) is 7.26. The third-order valence-electron chi connectivity index (χ3n) is 5.00. The van der Waals surface area contributed by atoms with Crippen LogP contribution >= 0.6 is 15.9 Å². The maximum atomic E-state index is 14.1. The van der Waals surface area contributed by atoms with E-state index in [9.17, 15) is 9.18 Å². The van der Waals surface area contributed by atoms with Gasteiger partial charge in [0.15, 0.2) is 0 Å². The van der Waals surface area contributed by atoms with Crippen LogP contribution in [-0.4, -0.2) is 32.7 Å². The first-order valence-electron chi connectivity index (χ1n) is 7.90. The lowest BCUT2D eigenvalue weighted by atomic mass is 9.96. The quantitative estimate of drug-likeness (QED) is 0.798. The summed E-state index contributed by atoms with van der Waals surface area (Å²) >= 11 is 3.23. The fourth-order valence-electron chi connectivity index (χ4n) is 3.99. The number of fused-ring (bicyclic) bond motifs is 2. The van der Waals surface area contributed by atoms with Gasteiger partial charge in [0.25, 0.3) is 5.91 Å². The molecule has 23 heavy (non-hydrogen) atoms. The molecule has 6 heteroatoms. The first-order chi connectivity index (χ1) is 11.1. The van der Waals surface area contributed by atoms with Crippen molar-refractivity contribution in [2.45, 2.75) is 43.8 Å². The summed E-state index contributed by atoms with van der Waals surface area (Å²) in [5, 5.41) is 4.34. The Morgan fingerprint density at radius 3 is 2.57 bits per heavy atom. The van der Waals surface area contributed by atoms with Crippen LogP contribution < -0.4 is 0 Å². The molecule has 2 unspecified atom stereocenters. The zero-order valence-corrected chi connectivity index (χ0v) is 14.1. The van der Waals surface area contributed by atoms with Crippen molar-refractivity contribution >= 4 is 21.8 Å². The molecule has 2 saturated heterocycles. The Bertz CT molecular complexity index is 719. The molecule has 1 amide bonds. The average molecular weight is 378 g/mol. The van der Waals surface area contributed by atoms with Crippen LogP contribution in [0.4, 0.5) is 4.39 Å². The second-order valence-electron chi connectivity index (χ2n) is 6.33. The van der Waals surface area contributed by atoms with Crippen molar-refractivity contribution in [3.63, 3.8) is 0 Å². The van der Waals surface area contributed by atoms with Crippen molar-refractivity contribution in [3.8, 4) is 0 Å². The highest BCUT2D eigenvalue weighted by atomic mass is 79.9. The number of benzene rings is 1. The molecule has 3 heterocycles. The summed E-state index contributed by atoms with van der Waals surface area (Å²) in [6.07, 6.45) is 7.54. The molecular weight excluding hydrogens is 361 g/mol. The predicted octanol–water partition coefficient (Wildman–Crippen LogP) is 3.79. The van der Waals surface area contributed by atoms with Crippen molar-refractivity contribution in [2.75, 3.05) is 0 Å². The Balaban J connectivity index is 1.58. The van der Waals surface area contributed by atoms with Gasteiger partial charge in [-0.1, -0.05) is 15.9 Å². The smallest absolute Gasteiger partial charge is 0.257 e. The molecule has 0 N–H and O–H groups in total. The van der Waals surface area contributed by atoms with Crippen LogP contribution in [0.5, 0.6) is 0 Å².